The van der Waals surface area contributed by atoms with Gasteiger partial charge in [0.1, 0.15) is 0 Å². The predicted molar refractivity (Wildman–Crippen MR) is 123 cm³/mol. The molecule has 0 aromatic heterocycles. The van der Waals surface area contributed by atoms with Crippen molar-refractivity contribution in [1.82, 2.24) is 4.31 Å². The lowest BCUT2D eigenvalue weighted by molar-refractivity contribution is -0.0440. The fourth-order valence-electron chi connectivity index (χ4n) is 3.47. The van der Waals surface area contributed by atoms with Crippen LogP contribution in [0.25, 0.3) is 0 Å². The van der Waals surface area contributed by atoms with Crippen LogP contribution in [0.15, 0.2) is 47.4 Å². The highest BCUT2D eigenvalue weighted by Crippen LogP contribution is 2.23. The van der Waals surface area contributed by atoms with Crippen LogP contribution in [-0.4, -0.2) is 58.6 Å². The molecule has 0 bridgehead atoms. The number of nitrogens with one attached hydrogen (secondary N) is 2. The molecule has 1 aliphatic rings. The molecular formula is C21H27N3O6S2. The van der Waals surface area contributed by atoms with Gasteiger partial charge in [0, 0.05) is 24.3 Å². The molecule has 0 spiro atoms. The second-order valence-corrected chi connectivity index (χ2v) is 11.6. The molecule has 32 heavy (non-hydrogen) atoms. The molecule has 0 aliphatic carbocycles. The van der Waals surface area contributed by atoms with Gasteiger partial charge in [-0.2, -0.15) is 4.31 Å². The molecular weight excluding hydrogens is 454 g/mol. The smallest absolute Gasteiger partial charge is 0.255 e. The maximum atomic E-state index is 12.9. The number of nitrogens with zero attached hydrogens (tertiary/aromatic N) is 1. The number of carbonyl (C=O) groups excluding carboxylic acids is 1. The molecule has 9 nitrogen and oxygen atoms in total. The highest BCUT2D eigenvalue weighted by atomic mass is 32.2. The highest BCUT2D eigenvalue weighted by molar-refractivity contribution is 7.92. The summed E-state index contributed by atoms with van der Waals surface area (Å²) in [5.74, 6) is -0.447. The van der Waals surface area contributed by atoms with E-state index in [2.05, 4.69) is 10.0 Å². The summed E-state index contributed by atoms with van der Waals surface area (Å²) in [6, 6.07) is 10.6. The Bertz CT molecular complexity index is 1200. The molecule has 2 aromatic carbocycles. The third-order valence-corrected chi connectivity index (χ3v) is 7.37. The van der Waals surface area contributed by atoms with Crippen molar-refractivity contribution in [1.29, 1.82) is 0 Å². The quantitative estimate of drug-likeness (QED) is 0.653. The van der Waals surface area contributed by atoms with E-state index in [0.717, 1.165) is 6.26 Å². The largest absolute Gasteiger partial charge is 0.373 e. The van der Waals surface area contributed by atoms with Gasteiger partial charge in [-0.3, -0.25) is 9.52 Å². The van der Waals surface area contributed by atoms with Crippen molar-refractivity contribution in [3.8, 4) is 0 Å². The average Bonchev–Trinajstić information content (AvgIpc) is 2.69. The van der Waals surface area contributed by atoms with Crippen molar-refractivity contribution in [2.24, 2.45) is 0 Å². The molecule has 1 heterocycles. The number of hydrogen-bond donors (Lipinski definition) is 2. The number of benzene rings is 2. The van der Waals surface area contributed by atoms with Gasteiger partial charge in [-0.25, -0.2) is 16.8 Å². The lowest BCUT2D eigenvalue weighted by atomic mass is 10.1. The first-order valence-corrected chi connectivity index (χ1v) is 13.3. The van der Waals surface area contributed by atoms with Gasteiger partial charge in [0.25, 0.3) is 5.91 Å². The fourth-order valence-corrected chi connectivity index (χ4v) is 5.68. The fraction of sp³-hybridized carbons (Fsp3) is 0.381. The van der Waals surface area contributed by atoms with E-state index in [1.807, 2.05) is 13.8 Å². The molecule has 1 fully saturated rings. The molecule has 174 valence electrons. The summed E-state index contributed by atoms with van der Waals surface area (Å²) in [5, 5.41) is 2.69. The number of amides is 1. The van der Waals surface area contributed by atoms with E-state index in [1.165, 1.54) is 34.6 Å². The molecule has 3 rings (SSSR count). The maximum absolute atomic E-state index is 12.9. The average molecular weight is 482 g/mol. The Morgan fingerprint density at radius 3 is 2.16 bits per heavy atom. The molecule has 2 atom stereocenters. The van der Waals surface area contributed by atoms with Gasteiger partial charge in [-0.1, -0.05) is 6.07 Å². The van der Waals surface area contributed by atoms with Crippen molar-refractivity contribution in [3.63, 3.8) is 0 Å². The zero-order valence-electron chi connectivity index (χ0n) is 18.3. The number of sulfonamides is 2. The summed E-state index contributed by atoms with van der Waals surface area (Å²) in [5.41, 5.74) is 1.74. The number of morpholine rings is 1. The topological polar surface area (TPSA) is 122 Å². The van der Waals surface area contributed by atoms with E-state index in [1.54, 1.807) is 19.1 Å². The SMILES string of the molecule is Cc1ccc(NC(=O)c2ccc(S(=O)(=O)N3CC(C)OC(C)C3)cc2)cc1NS(C)(=O)=O. The normalized spacial score (nSPS) is 20.0. The molecule has 0 saturated carbocycles. The van der Waals surface area contributed by atoms with Crippen LogP contribution in [0, 0.1) is 6.92 Å². The van der Waals surface area contributed by atoms with E-state index < -0.39 is 26.0 Å². The van der Waals surface area contributed by atoms with Gasteiger partial charge in [0.05, 0.1) is 29.0 Å². The van der Waals surface area contributed by atoms with Crippen LogP contribution in [0.2, 0.25) is 0 Å². The molecule has 1 saturated heterocycles. The number of anilines is 2. The third-order valence-electron chi connectivity index (χ3n) is 4.93. The molecule has 1 amide bonds. The Kier molecular flexibility index (Phi) is 6.94. The molecule has 11 heteroatoms. The summed E-state index contributed by atoms with van der Waals surface area (Å²) in [4.78, 5) is 12.7. The third kappa shape index (κ3) is 5.85. The van der Waals surface area contributed by atoms with Crippen LogP contribution < -0.4 is 10.0 Å². The Hall–Kier alpha value is -2.47. The van der Waals surface area contributed by atoms with Crippen LogP contribution in [0.1, 0.15) is 29.8 Å². The van der Waals surface area contributed by atoms with Gasteiger partial charge in [-0.15, -0.1) is 0 Å². The first-order valence-electron chi connectivity index (χ1n) is 10.0. The molecule has 2 aromatic rings. The van der Waals surface area contributed by atoms with Crippen molar-refractivity contribution in [2.75, 3.05) is 29.4 Å². The standard InChI is InChI=1S/C21H27N3O6S2/c1-14-5-8-18(11-20(14)23-31(4,26)27)22-21(25)17-6-9-19(10-7-17)32(28,29)24-12-15(2)30-16(3)13-24/h5-11,15-16,23H,12-13H2,1-4H3,(H,22,25). The number of carbonyl (C=O) groups is 1. The van der Waals surface area contributed by atoms with E-state index in [9.17, 15) is 21.6 Å². The van der Waals surface area contributed by atoms with Crippen LogP contribution >= 0.6 is 0 Å². The first kappa shape index (κ1) is 24.2. The van der Waals surface area contributed by atoms with Crippen molar-refractivity contribution in [2.45, 2.75) is 37.9 Å². The maximum Gasteiger partial charge on any atom is 0.255 e. The van der Waals surface area contributed by atoms with Crippen LogP contribution in [0.4, 0.5) is 11.4 Å². The molecule has 1 aliphatic heterocycles. The van der Waals surface area contributed by atoms with Crippen molar-refractivity contribution in [3.05, 3.63) is 53.6 Å². The number of rotatable bonds is 6. The van der Waals surface area contributed by atoms with E-state index in [0.29, 0.717) is 16.9 Å². The zero-order valence-corrected chi connectivity index (χ0v) is 20.0. The van der Waals surface area contributed by atoms with Crippen LogP contribution in [0.5, 0.6) is 0 Å². The van der Waals surface area contributed by atoms with Crippen molar-refractivity contribution < 1.29 is 26.4 Å². The monoisotopic (exact) mass is 481 g/mol. The number of aryl methyl sites for hydroxylation is 1. The summed E-state index contributed by atoms with van der Waals surface area (Å²) >= 11 is 0. The lowest BCUT2D eigenvalue weighted by Crippen LogP contribution is -2.48. The molecule has 0 radical (unpaired) electrons. The summed E-state index contributed by atoms with van der Waals surface area (Å²) < 4.78 is 58.3. The highest BCUT2D eigenvalue weighted by Gasteiger charge is 2.32. The van der Waals surface area contributed by atoms with E-state index in [-0.39, 0.29) is 35.8 Å². The van der Waals surface area contributed by atoms with E-state index in [4.69, 9.17) is 4.74 Å². The van der Waals surface area contributed by atoms with Crippen LogP contribution in [-0.2, 0) is 24.8 Å². The van der Waals surface area contributed by atoms with Gasteiger partial charge in [0.2, 0.25) is 20.0 Å². The lowest BCUT2D eigenvalue weighted by Gasteiger charge is -2.34. The Balaban J connectivity index is 1.75. The number of hydrogen-bond acceptors (Lipinski definition) is 6. The van der Waals surface area contributed by atoms with Gasteiger partial charge in [-0.05, 0) is 62.7 Å². The Labute approximate surface area is 188 Å². The van der Waals surface area contributed by atoms with Crippen LogP contribution in [0.3, 0.4) is 0 Å². The van der Waals surface area contributed by atoms with E-state index >= 15 is 0 Å². The summed E-state index contributed by atoms with van der Waals surface area (Å²) in [7, 11) is -7.16. The zero-order chi connectivity index (χ0) is 23.7. The second-order valence-electron chi connectivity index (χ2n) is 7.96. The summed E-state index contributed by atoms with van der Waals surface area (Å²) in [6.07, 6.45) is 0.649. The minimum atomic E-state index is -3.70. The molecule has 2 N–H and O–H groups in total. The second kappa shape index (κ2) is 9.18. The Morgan fingerprint density at radius 1 is 1.00 bits per heavy atom. The van der Waals surface area contributed by atoms with Crippen molar-refractivity contribution >= 4 is 37.3 Å². The minimum Gasteiger partial charge on any atom is -0.373 e. The first-order chi connectivity index (χ1) is 14.8. The van der Waals surface area contributed by atoms with Gasteiger partial charge < -0.3 is 10.1 Å². The predicted octanol–water partition coefficient (Wildman–Crippen LogP) is 2.42. The summed E-state index contributed by atoms with van der Waals surface area (Å²) in [6.45, 7) is 5.94. The number of ether oxygens (including phenoxy) is 1. The Morgan fingerprint density at radius 2 is 1.59 bits per heavy atom. The molecule has 2 unspecified atom stereocenters. The minimum absolute atomic E-state index is 0.102. The van der Waals surface area contributed by atoms with Gasteiger partial charge >= 0.3 is 0 Å². The van der Waals surface area contributed by atoms with Gasteiger partial charge in [0.15, 0.2) is 0 Å².